The summed E-state index contributed by atoms with van der Waals surface area (Å²) < 4.78 is 11.2. The van der Waals surface area contributed by atoms with Crippen molar-refractivity contribution < 1.29 is 9.26 Å². The molecule has 0 aliphatic carbocycles. The van der Waals surface area contributed by atoms with Gasteiger partial charge in [0.1, 0.15) is 5.75 Å². The monoisotopic (exact) mass is 303 g/mol. The minimum absolute atomic E-state index is 0.170. The number of rotatable bonds is 2. The normalized spacial score (nSPS) is 25.1. The van der Waals surface area contributed by atoms with Crippen molar-refractivity contribution in [3.63, 3.8) is 0 Å². The van der Waals surface area contributed by atoms with E-state index in [1.807, 2.05) is 30.0 Å². The third-order valence-corrected chi connectivity index (χ3v) is 5.01. The number of benzene rings is 1. The molecule has 2 aliphatic heterocycles. The minimum Gasteiger partial charge on any atom is -0.493 e. The van der Waals surface area contributed by atoms with Crippen molar-refractivity contribution in [3.8, 4) is 5.75 Å². The molecular weight excluding hydrogens is 286 g/mol. The third kappa shape index (κ3) is 2.53. The maximum Gasteiger partial charge on any atom is 0.244 e. The van der Waals surface area contributed by atoms with Gasteiger partial charge in [-0.2, -0.15) is 16.7 Å². The van der Waals surface area contributed by atoms with Gasteiger partial charge in [0.15, 0.2) is 5.82 Å². The van der Waals surface area contributed by atoms with E-state index in [2.05, 4.69) is 21.5 Å². The summed E-state index contributed by atoms with van der Waals surface area (Å²) in [6.07, 6.45) is 0.892. The first-order valence-corrected chi connectivity index (χ1v) is 8.43. The molecule has 1 N–H and O–H groups in total. The van der Waals surface area contributed by atoms with Gasteiger partial charge in [-0.05, 0) is 12.5 Å². The Hall–Kier alpha value is -1.53. The largest absolute Gasteiger partial charge is 0.493 e. The van der Waals surface area contributed by atoms with E-state index in [0.29, 0.717) is 12.5 Å². The average Bonchev–Trinajstić information content (AvgIpc) is 3.05. The van der Waals surface area contributed by atoms with Gasteiger partial charge in [-0.3, -0.25) is 0 Å². The zero-order valence-corrected chi connectivity index (χ0v) is 12.4. The van der Waals surface area contributed by atoms with Crippen molar-refractivity contribution >= 4 is 11.8 Å². The van der Waals surface area contributed by atoms with E-state index in [4.69, 9.17) is 9.26 Å². The number of ether oxygens (including phenoxy) is 1. The molecule has 0 spiro atoms. The van der Waals surface area contributed by atoms with Crippen LogP contribution in [0.2, 0.25) is 0 Å². The summed E-state index contributed by atoms with van der Waals surface area (Å²) >= 11 is 1.92. The minimum atomic E-state index is 0.170. The van der Waals surface area contributed by atoms with Crippen molar-refractivity contribution in [1.82, 2.24) is 15.5 Å². The molecule has 1 fully saturated rings. The van der Waals surface area contributed by atoms with Crippen LogP contribution < -0.4 is 10.1 Å². The second kappa shape index (κ2) is 5.69. The standard InChI is InChI=1S/C15H17N3O2S/c1-2-4-13-10(3-1)11(5-7-19-13)14-17-15(20-18-14)12-9-21-8-6-16-12/h1-4,11-12,16H,5-9H2. The fourth-order valence-corrected chi connectivity index (χ4v) is 3.79. The SMILES string of the molecule is c1ccc2c(c1)OCCC2c1noc(C2CSCCN2)n1. The number of aromatic nitrogens is 2. The summed E-state index contributed by atoms with van der Waals surface area (Å²) in [7, 11) is 0. The van der Waals surface area contributed by atoms with Gasteiger partial charge in [-0.1, -0.05) is 23.4 Å². The molecule has 2 atom stereocenters. The molecule has 21 heavy (non-hydrogen) atoms. The zero-order chi connectivity index (χ0) is 14.1. The smallest absolute Gasteiger partial charge is 0.244 e. The topological polar surface area (TPSA) is 60.2 Å². The first kappa shape index (κ1) is 13.2. The molecule has 110 valence electrons. The molecule has 5 nitrogen and oxygen atoms in total. The van der Waals surface area contributed by atoms with Crippen LogP contribution in [-0.2, 0) is 0 Å². The van der Waals surface area contributed by atoms with E-state index in [9.17, 15) is 0 Å². The van der Waals surface area contributed by atoms with E-state index >= 15 is 0 Å². The van der Waals surface area contributed by atoms with Gasteiger partial charge in [0.25, 0.3) is 0 Å². The molecule has 6 heteroatoms. The summed E-state index contributed by atoms with van der Waals surface area (Å²) in [5, 5.41) is 7.65. The van der Waals surface area contributed by atoms with E-state index in [1.165, 1.54) is 0 Å². The molecule has 1 aromatic carbocycles. The summed E-state index contributed by atoms with van der Waals surface area (Å²) in [5.41, 5.74) is 1.15. The number of nitrogens with zero attached hydrogens (tertiary/aromatic N) is 2. The molecule has 2 unspecified atom stereocenters. The number of hydrogen-bond donors (Lipinski definition) is 1. The Morgan fingerprint density at radius 2 is 2.24 bits per heavy atom. The number of fused-ring (bicyclic) bond motifs is 1. The van der Waals surface area contributed by atoms with Crippen LogP contribution in [0, 0.1) is 0 Å². The summed E-state index contributed by atoms with van der Waals surface area (Å²) in [6, 6.07) is 8.29. The first-order valence-electron chi connectivity index (χ1n) is 7.28. The molecule has 4 rings (SSSR count). The van der Waals surface area contributed by atoms with Crippen LogP contribution in [0.1, 0.15) is 35.7 Å². The second-order valence-electron chi connectivity index (χ2n) is 5.30. The molecule has 0 radical (unpaired) electrons. The van der Waals surface area contributed by atoms with E-state index in [1.54, 1.807) is 0 Å². The van der Waals surface area contributed by atoms with Gasteiger partial charge in [0, 0.05) is 23.6 Å². The maximum absolute atomic E-state index is 5.70. The zero-order valence-electron chi connectivity index (χ0n) is 11.6. The molecule has 0 bridgehead atoms. The second-order valence-corrected chi connectivity index (χ2v) is 6.45. The average molecular weight is 303 g/mol. The van der Waals surface area contributed by atoms with Crippen molar-refractivity contribution in [2.45, 2.75) is 18.4 Å². The van der Waals surface area contributed by atoms with Crippen molar-refractivity contribution in [3.05, 3.63) is 41.5 Å². The molecule has 2 aromatic rings. The van der Waals surface area contributed by atoms with Gasteiger partial charge in [0.05, 0.1) is 18.6 Å². The lowest BCUT2D eigenvalue weighted by molar-refractivity contribution is 0.271. The van der Waals surface area contributed by atoms with Crippen LogP contribution in [0.3, 0.4) is 0 Å². The van der Waals surface area contributed by atoms with Crippen LogP contribution in [0.5, 0.6) is 5.75 Å². The highest BCUT2D eigenvalue weighted by molar-refractivity contribution is 7.99. The van der Waals surface area contributed by atoms with E-state index in [0.717, 1.165) is 41.6 Å². The Morgan fingerprint density at radius 3 is 3.14 bits per heavy atom. The summed E-state index contributed by atoms with van der Waals surface area (Å²) in [5.74, 6) is 4.73. The van der Waals surface area contributed by atoms with Crippen LogP contribution in [0.15, 0.2) is 28.8 Å². The predicted octanol–water partition coefficient (Wildman–Crippen LogP) is 2.36. The molecular formula is C15H17N3O2S. The van der Waals surface area contributed by atoms with Gasteiger partial charge in [0.2, 0.25) is 5.89 Å². The molecule has 3 heterocycles. The Morgan fingerprint density at radius 1 is 1.29 bits per heavy atom. The molecule has 0 saturated carbocycles. The van der Waals surface area contributed by atoms with Gasteiger partial charge < -0.3 is 14.6 Å². The molecule has 0 amide bonds. The Labute approximate surface area is 127 Å². The fourth-order valence-electron chi connectivity index (χ4n) is 2.86. The predicted molar refractivity (Wildman–Crippen MR) is 80.8 cm³/mol. The summed E-state index contributed by atoms with van der Waals surface area (Å²) in [6.45, 7) is 1.69. The number of para-hydroxylation sites is 1. The van der Waals surface area contributed by atoms with Gasteiger partial charge in [-0.15, -0.1) is 0 Å². The van der Waals surface area contributed by atoms with Crippen LogP contribution in [0.25, 0.3) is 0 Å². The highest BCUT2D eigenvalue weighted by Gasteiger charge is 2.29. The fraction of sp³-hybridized carbons (Fsp3) is 0.467. The highest BCUT2D eigenvalue weighted by Crippen LogP contribution is 2.37. The van der Waals surface area contributed by atoms with Crippen molar-refractivity contribution in [2.75, 3.05) is 24.7 Å². The van der Waals surface area contributed by atoms with Gasteiger partial charge in [-0.25, -0.2) is 0 Å². The summed E-state index contributed by atoms with van der Waals surface area (Å²) in [4.78, 5) is 4.65. The third-order valence-electron chi connectivity index (χ3n) is 3.95. The van der Waals surface area contributed by atoms with Gasteiger partial charge >= 0.3 is 0 Å². The van der Waals surface area contributed by atoms with E-state index < -0.39 is 0 Å². The Bertz CT molecular complexity index is 625. The number of nitrogens with one attached hydrogen (secondary N) is 1. The van der Waals surface area contributed by atoms with Crippen LogP contribution in [0.4, 0.5) is 0 Å². The first-order chi connectivity index (χ1) is 10.4. The maximum atomic E-state index is 5.70. The molecule has 1 saturated heterocycles. The lowest BCUT2D eigenvalue weighted by atomic mass is 9.92. The molecule has 2 aliphatic rings. The Kier molecular flexibility index (Phi) is 3.57. The highest BCUT2D eigenvalue weighted by atomic mass is 32.2. The lowest BCUT2D eigenvalue weighted by Gasteiger charge is -2.23. The van der Waals surface area contributed by atoms with Crippen LogP contribution >= 0.6 is 11.8 Å². The van der Waals surface area contributed by atoms with Crippen molar-refractivity contribution in [2.24, 2.45) is 0 Å². The number of thioether (sulfide) groups is 1. The van der Waals surface area contributed by atoms with Crippen LogP contribution in [-0.4, -0.2) is 34.8 Å². The Balaban J connectivity index is 1.61. The van der Waals surface area contributed by atoms with Crippen molar-refractivity contribution in [1.29, 1.82) is 0 Å². The lowest BCUT2D eigenvalue weighted by Crippen LogP contribution is -2.30. The quantitative estimate of drug-likeness (QED) is 0.919. The molecule has 1 aromatic heterocycles. The number of hydrogen-bond acceptors (Lipinski definition) is 6. The van der Waals surface area contributed by atoms with E-state index in [-0.39, 0.29) is 12.0 Å².